The predicted molar refractivity (Wildman–Crippen MR) is 52.0 cm³/mol. The number of carbonyl (C=O) groups excluding carboxylic acids is 1. The number of carbonyl (C=O) groups is 1. The molecule has 0 atom stereocenters. The molecule has 0 spiro atoms. The largest absolute Gasteiger partial charge is 0.508 e. The van der Waals surface area contributed by atoms with Crippen molar-refractivity contribution in [2.24, 2.45) is 0 Å². The summed E-state index contributed by atoms with van der Waals surface area (Å²) >= 11 is 0. The third kappa shape index (κ3) is 2.39. The van der Waals surface area contributed by atoms with Crippen LogP contribution in [0.1, 0.15) is 5.56 Å². The average molecular weight is 195 g/mol. The van der Waals surface area contributed by atoms with Crippen molar-refractivity contribution in [2.75, 3.05) is 14.2 Å². The summed E-state index contributed by atoms with van der Waals surface area (Å²) in [4.78, 5) is 12.4. The van der Waals surface area contributed by atoms with Gasteiger partial charge in [-0.3, -0.25) is 0 Å². The Morgan fingerprint density at radius 1 is 1.50 bits per heavy atom. The van der Waals surface area contributed by atoms with Crippen molar-refractivity contribution < 1.29 is 14.6 Å². The lowest BCUT2D eigenvalue weighted by atomic mass is 10.2. The fourth-order valence-corrected chi connectivity index (χ4v) is 1.12. The van der Waals surface area contributed by atoms with Crippen molar-refractivity contribution in [1.29, 1.82) is 0 Å². The number of phenolic OH excluding ortho intramolecular Hbond substituents is 1. The van der Waals surface area contributed by atoms with Gasteiger partial charge in [-0.25, -0.2) is 4.79 Å². The summed E-state index contributed by atoms with van der Waals surface area (Å²) in [6.45, 7) is 0.333. The van der Waals surface area contributed by atoms with E-state index in [9.17, 15) is 9.90 Å². The molecule has 4 nitrogen and oxygen atoms in total. The van der Waals surface area contributed by atoms with Gasteiger partial charge in [0.15, 0.2) is 0 Å². The summed E-state index contributed by atoms with van der Waals surface area (Å²) in [6, 6.07) is 6.88. The van der Waals surface area contributed by atoms with Gasteiger partial charge in [-0.05, 0) is 6.07 Å². The molecule has 0 aliphatic heterocycles. The number of rotatable bonds is 2. The Morgan fingerprint density at radius 3 is 2.71 bits per heavy atom. The second-order valence-corrected chi connectivity index (χ2v) is 2.95. The minimum absolute atomic E-state index is 0.184. The Hall–Kier alpha value is -1.71. The standard InChI is InChI=1S/C10H13NO3/c1-11(10(13)14-2)7-8-5-3-4-6-9(8)12/h3-6,12H,7H2,1-2H3. The van der Waals surface area contributed by atoms with Crippen LogP contribution in [0.4, 0.5) is 4.79 Å². The van der Waals surface area contributed by atoms with Crippen LogP contribution in [0.15, 0.2) is 24.3 Å². The van der Waals surface area contributed by atoms with E-state index in [1.807, 2.05) is 0 Å². The first-order chi connectivity index (χ1) is 6.65. The molecule has 0 saturated carbocycles. The van der Waals surface area contributed by atoms with Gasteiger partial charge in [0.2, 0.25) is 0 Å². The van der Waals surface area contributed by atoms with Gasteiger partial charge in [-0.2, -0.15) is 0 Å². The number of phenols is 1. The summed E-state index contributed by atoms with van der Waals surface area (Å²) < 4.78 is 4.53. The summed E-state index contributed by atoms with van der Waals surface area (Å²) in [7, 11) is 2.93. The number of hydrogen-bond acceptors (Lipinski definition) is 3. The predicted octanol–water partition coefficient (Wildman–Crippen LogP) is 1.59. The van der Waals surface area contributed by atoms with Crippen LogP contribution in [-0.4, -0.2) is 30.3 Å². The quantitative estimate of drug-likeness (QED) is 0.779. The fourth-order valence-electron chi connectivity index (χ4n) is 1.12. The molecule has 0 unspecified atom stereocenters. The van der Waals surface area contributed by atoms with Crippen molar-refractivity contribution in [1.82, 2.24) is 4.90 Å². The highest BCUT2D eigenvalue weighted by Crippen LogP contribution is 2.17. The molecule has 1 rings (SSSR count). The number of amides is 1. The van der Waals surface area contributed by atoms with Gasteiger partial charge < -0.3 is 14.7 Å². The normalized spacial score (nSPS) is 9.57. The minimum atomic E-state index is -0.423. The van der Waals surface area contributed by atoms with Crippen molar-refractivity contribution >= 4 is 6.09 Å². The molecule has 0 bridgehead atoms. The Balaban J connectivity index is 2.69. The van der Waals surface area contributed by atoms with E-state index in [0.717, 1.165) is 0 Å². The Bertz CT molecular complexity index is 325. The number of nitrogens with zero attached hydrogens (tertiary/aromatic N) is 1. The van der Waals surface area contributed by atoms with E-state index in [2.05, 4.69) is 4.74 Å². The highest BCUT2D eigenvalue weighted by atomic mass is 16.5. The van der Waals surface area contributed by atoms with E-state index in [1.54, 1.807) is 31.3 Å². The molecule has 0 saturated heterocycles. The molecule has 1 aromatic rings. The van der Waals surface area contributed by atoms with Crippen LogP contribution in [0, 0.1) is 0 Å². The first-order valence-corrected chi connectivity index (χ1v) is 4.21. The number of benzene rings is 1. The molecule has 0 aromatic heterocycles. The third-order valence-corrected chi connectivity index (χ3v) is 1.89. The number of methoxy groups -OCH3 is 1. The van der Waals surface area contributed by atoms with E-state index in [4.69, 9.17) is 0 Å². The zero-order valence-corrected chi connectivity index (χ0v) is 8.23. The number of para-hydroxylation sites is 1. The van der Waals surface area contributed by atoms with Gasteiger partial charge in [0, 0.05) is 12.6 Å². The molecule has 0 fully saturated rings. The van der Waals surface area contributed by atoms with E-state index < -0.39 is 6.09 Å². The zero-order valence-electron chi connectivity index (χ0n) is 8.23. The van der Waals surface area contributed by atoms with Gasteiger partial charge in [-0.1, -0.05) is 18.2 Å². The second kappa shape index (κ2) is 4.50. The first-order valence-electron chi connectivity index (χ1n) is 4.21. The lowest BCUT2D eigenvalue weighted by Crippen LogP contribution is -2.25. The molecule has 1 aromatic carbocycles. The lowest BCUT2D eigenvalue weighted by molar-refractivity contribution is 0.131. The van der Waals surface area contributed by atoms with E-state index in [0.29, 0.717) is 12.1 Å². The van der Waals surface area contributed by atoms with Crippen molar-refractivity contribution in [2.45, 2.75) is 6.54 Å². The monoisotopic (exact) mass is 195 g/mol. The van der Waals surface area contributed by atoms with Crippen molar-refractivity contribution in [3.8, 4) is 5.75 Å². The fraction of sp³-hybridized carbons (Fsp3) is 0.300. The summed E-state index contributed by atoms with van der Waals surface area (Å²) in [6.07, 6.45) is -0.423. The maximum absolute atomic E-state index is 11.0. The summed E-state index contributed by atoms with van der Waals surface area (Å²) in [5.74, 6) is 0.184. The highest BCUT2D eigenvalue weighted by molar-refractivity contribution is 5.67. The topological polar surface area (TPSA) is 49.8 Å². The molecular formula is C10H13NO3. The van der Waals surface area contributed by atoms with Crippen LogP contribution in [0.5, 0.6) is 5.75 Å². The Kier molecular flexibility index (Phi) is 3.34. The molecule has 1 amide bonds. The molecule has 0 heterocycles. The summed E-state index contributed by atoms with van der Waals surface area (Å²) in [5, 5.41) is 9.44. The second-order valence-electron chi connectivity index (χ2n) is 2.95. The van der Waals surface area contributed by atoms with Crippen LogP contribution in [0.25, 0.3) is 0 Å². The minimum Gasteiger partial charge on any atom is -0.508 e. The molecule has 76 valence electrons. The molecule has 0 aliphatic carbocycles. The van der Waals surface area contributed by atoms with Gasteiger partial charge in [0.25, 0.3) is 0 Å². The van der Waals surface area contributed by atoms with Gasteiger partial charge in [-0.15, -0.1) is 0 Å². The molecule has 1 N–H and O–H groups in total. The number of hydrogen-bond donors (Lipinski definition) is 1. The summed E-state index contributed by atoms with van der Waals surface area (Å²) in [5.41, 5.74) is 0.695. The maximum Gasteiger partial charge on any atom is 0.409 e. The number of ether oxygens (including phenoxy) is 1. The average Bonchev–Trinajstić information content (AvgIpc) is 2.20. The van der Waals surface area contributed by atoms with Crippen molar-refractivity contribution in [3.63, 3.8) is 0 Å². The van der Waals surface area contributed by atoms with E-state index in [-0.39, 0.29) is 5.75 Å². The van der Waals surface area contributed by atoms with Crippen LogP contribution >= 0.6 is 0 Å². The molecule has 14 heavy (non-hydrogen) atoms. The van der Waals surface area contributed by atoms with Crippen LogP contribution in [0.2, 0.25) is 0 Å². The van der Waals surface area contributed by atoms with Gasteiger partial charge in [0.1, 0.15) is 5.75 Å². The van der Waals surface area contributed by atoms with Crippen LogP contribution in [-0.2, 0) is 11.3 Å². The zero-order chi connectivity index (χ0) is 10.6. The molecular weight excluding hydrogens is 182 g/mol. The lowest BCUT2D eigenvalue weighted by Gasteiger charge is -2.15. The number of aromatic hydroxyl groups is 1. The van der Waals surface area contributed by atoms with Gasteiger partial charge >= 0.3 is 6.09 Å². The Morgan fingerprint density at radius 2 is 2.14 bits per heavy atom. The van der Waals surface area contributed by atoms with E-state index >= 15 is 0 Å². The SMILES string of the molecule is COC(=O)N(C)Cc1ccccc1O. The maximum atomic E-state index is 11.0. The first kappa shape index (κ1) is 10.4. The highest BCUT2D eigenvalue weighted by Gasteiger charge is 2.10. The third-order valence-electron chi connectivity index (χ3n) is 1.89. The van der Waals surface area contributed by atoms with Crippen LogP contribution in [0.3, 0.4) is 0 Å². The molecule has 0 aliphatic rings. The Labute approximate surface area is 82.7 Å². The van der Waals surface area contributed by atoms with Crippen LogP contribution < -0.4 is 0 Å². The van der Waals surface area contributed by atoms with Gasteiger partial charge in [0.05, 0.1) is 13.7 Å². The molecule has 4 heteroatoms. The van der Waals surface area contributed by atoms with Crippen molar-refractivity contribution in [3.05, 3.63) is 29.8 Å². The smallest absolute Gasteiger partial charge is 0.409 e. The van der Waals surface area contributed by atoms with E-state index in [1.165, 1.54) is 12.0 Å². The molecule has 0 radical (unpaired) electrons.